The Morgan fingerprint density at radius 2 is 1.54 bits per heavy atom. The SMILES string of the molecule is COc1cc(OC)c(C(=O)NC2CC3CCC(C2)N3)cc1OC.Cl. The number of hydrogen-bond acceptors (Lipinski definition) is 5. The normalized spacial score (nSPS) is 24.7. The molecular formula is C17H25ClN2O4. The Hall–Kier alpha value is -1.66. The zero-order chi connectivity index (χ0) is 16.4. The molecule has 2 aliphatic rings. The number of methoxy groups -OCH3 is 3. The maximum absolute atomic E-state index is 12.7. The number of nitrogens with one attached hydrogen (secondary N) is 2. The molecule has 0 aromatic heterocycles. The van der Waals surface area contributed by atoms with E-state index < -0.39 is 0 Å². The number of amides is 1. The van der Waals surface area contributed by atoms with Gasteiger partial charge in [-0.3, -0.25) is 4.79 Å². The number of halogens is 1. The zero-order valence-electron chi connectivity index (χ0n) is 14.3. The molecule has 134 valence electrons. The number of rotatable bonds is 5. The van der Waals surface area contributed by atoms with Gasteiger partial charge in [-0.1, -0.05) is 0 Å². The molecule has 1 aromatic carbocycles. The molecule has 2 aliphatic heterocycles. The molecule has 24 heavy (non-hydrogen) atoms. The largest absolute Gasteiger partial charge is 0.496 e. The van der Waals surface area contributed by atoms with Crippen LogP contribution in [0.25, 0.3) is 0 Å². The Kier molecular flexibility index (Phi) is 6.18. The van der Waals surface area contributed by atoms with Crippen LogP contribution in [0.2, 0.25) is 0 Å². The fraction of sp³-hybridized carbons (Fsp3) is 0.588. The van der Waals surface area contributed by atoms with E-state index in [2.05, 4.69) is 10.6 Å². The van der Waals surface area contributed by atoms with Crippen LogP contribution in [0.15, 0.2) is 12.1 Å². The maximum Gasteiger partial charge on any atom is 0.255 e. The average Bonchev–Trinajstić information content (AvgIpc) is 2.91. The molecule has 6 nitrogen and oxygen atoms in total. The van der Waals surface area contributed by atoms with Crippen molar-refractivity contribution in [2.45, 2.75) is 43.8 Å². The predicted molar refractivity (Wildman–Crippen MR) is 93.8 cm³/mol. The van der Waals surface area contributed by atoms with Gasteiger partial charge in [-0.05, 0) is 25.7 Å². The third kappa shape index (κ3) is 3.70. The van der Waals surface area contributed by atoms with Crippen LogP contribution < -0.4 is 24.8 Å². The van der Waals surface area contributed by atoms with Crippen molar-refractivity contribution in [3.05, 3.63) is 17.7 Å². The molecule has 1 amide bonds. The molecule has 0 aliphatic carbocycles. The molecule has 2 bridgehead atoms. The highest BCUT2D eigenvalue weighted by Gasteiger charge is 2.34. The van der Waals surface area contributed by atoms with E-state index in [1.54, 1.807) is 33.5 Å². The molecule has 0 radical (unpaired) electrons. The number of benzene rings is 1. The molecule has 2 saturated heterocycles. The van der Waals surface area contributed by atoms with Crippen LogP contribution in [0.1, 0.15) is 36.0 Å². The first kappa shape index (κ1) is 18.7. The van der Waals surface area contributed by atoms with Crippen LogP contribution in [0, 0.1) is 0 Å². The fourth-order valence-electron chi connectivity index (χ4n) is 3.64. The molecule has 2 unspecified atom stereocenters. The molecule has 2 N–H and O–H groups in total. The van der Waals surface area contributed by atoms with Crippen molar-refractivity contribution in [3.63, 3.8) is 0 Å². The number of hydrogen-bond donors (Lipinski definition) is 2. The predicted octanol–water partition coefficient (Wildman–Crippen LogP) is 2.15. The summed E-state index contributed by atoms with van der Waals surface area (Å²) in [5, 5.41) is 6.72. The van der Waals surface area contributed by atoms with Gasteiger partial charge >= 0.3 is 0 Å². The first-order valence-electron chi connectivity index (χ1n) is 8.01. The Morgan fingerprint density at radius 3 is 2.08 bits per heavy atom. The van der Waals surface area contributed by atoms with Gasteiger partial charge in [0.25, 0.3) is 5.91 Å². The van der Waals surface area contributed by atoms with Crippen molar-refractivity contribution in [1.29, 1.82) is 0 Å². The summed E-state index contributed by atoms with van der Waals surface area (Å²) in [7, 11) is 4.65. The van der Waals surface area contributed by atoms with E-state index in [0.29, 0.717) is 34.9 Å². The van der Waals surface area contributed by atoms with Gasteiger partial charge in [-0.2, -0.15) is 0 Å². The lowest BCUT2D eigenvalue weighted by molar-refractivity contribution is 0.0920. The van der Waals surface area contributed by atoms with E-state index in [-0.39, 0.29) is 24.4 Å². The van der Waals surface area contributed by atoms with Crippen LogP contribution in [0.4, 0.5) is 0 Å². The quantitative estimate of drug-likeness (QED) is 0.846. The van der Waals surface area contributed by atoms with Gasteiger partial charge in [-0.25, -0.2) is 0 Å². The Bertz CT molecular complexity index is 584. The summed E-state index contributed by atoms with van der Waals surface area (Å²) in [6.07, 6.45) is 4.38. The maximum atomic E-state index is 12.7. The lowest BCUT2D eigenvalue weighted by atomic mass is 9.99. The van der Waals surface area contributed by atoms with E-state index in [0.717, 1.165) is 12.8 Å². The van der Waals surface area contributed by atoms with E-state index >= 15 is 0 Å². The van der Waals surface area contributed by atoms with Gasteiger partial charge in [0.15, 0.2) is 11.5 Å². The number of carbonyl (C=O) groups excluding carboxylic acids is 1. The smallest absolute Gasteiger partial charge is 0.255 e. The van der Waals surface area contributed by atoms with Gasteiger partial charge in [0, 0.05) is 30.3 Å². The Balaban J connectivity index is 0.00000208. The zero-order valence-corrected chi connectivity index (χ0v) is 15.1. The molecule has 7 heteroatoms. The lowest BCUT2D eigenvalue weighted by Gasteiger charge is -2.29. The summed E-state index contributed by atoms with van der Waals surface area (Å²) in [5.41, 5.74) is 0.469. The second-order valence-electron chi connectivity index (χ2n) is 6.19. The molecule has 3 rings (SSSR count). The van der Waals surface area contributed by atoms with E-state index in [4.69, 9.17) is 14.2 Å². The molecule has 0 saturated carbocycles. The summed E-state index contributed by atoms with van der Waals surface area (Å²) >= 11 is 0. The van der Waals surface area contributed by atoms with Crippen LogP contribution in [0.3, 0.4) is 0 Å². The fourth-order valence-corrected chi connectivity index (χ4v) is 3.64. The Labute approximate surface area is 148 Å². The van der Waals surface area contributed by atoms with Crippen LogP contribution in [-0.4, -0.2) is 45.4 Å². The molecular weight excluding hydrogens is 332 g/mol. The minimum atomic E-state index is -0.130. The van der Waals surface area contributed by atoms with Crippen molar-refractivity contribution in [2.24, 2.45) is 0 Å². The standard InChI is InChI=1S/C17H24N2O4.ClH/c1-21-14-9-16(23-3)15(22-2)8-13(14)17(20)19-12-6-10-4-5-11(7-12)18-10;/h8-12,18H,4-7H2,1-3H3,(H,19,20);1H. The van der Waals surface area contributed by atoms with Crippen molar-refractivity contribution < 1.29 is 19.0 Å². The summed E-state index contributed by atoms with van der Waals surface area (Å²) in [4.78, 5) is 12.7. The lowest BCUT2D eigenvalue weighted by Crippen LogP contribution is -2.48. The van der Waals surface area contributed by atoms with Crippen LogP contribution in [-0.2, 0) is 0 Å². The molecule has 2 atom stereocenters. The molecule has 1 aromatic rings. The van der Waals surface area contributed by atoms with Gasteiger partial charge in [0.1, 0.15) is 5.75 Å². The van der Waals surface area contributed by atoms with E-state index in [1.807, 2.05) is 0 Å². The van der Waals surface area contributed by atoms with Crippen LogP contribution >= 0.6 is 12.4 Å². The Morgan fingerprint density at radius 1 is 1.00 bits per heavy atom. The highest BCUT2D eigenvalue weighted by Crippen LogP contribution is 2.35. The van der Waals surface area contributed by atoms with E-state index in [9.17, 15) is 4.79 Å². The number of carbonyl (C=O) groups is 1. The topological polar surface area (TPSA) is 68.8 Å². The van der Waals surface area contributed by atoms with Crippen molar-refractivity contribution in [2.75, 3.05) is 21.3 Å². The van der Waals surface area contributed by atoms with Crippen molar-refractivity contribution in [3.8, 4) is 17.2 Å². The third-order valence-corrected chi connectivity index (χ3v) is 4.76. The summed E-state index contributed by atoms with van der Waals surface area (Å²) < 4.78 is 15.9. The number of fused-ring (bicyclic) bond motifs is 2. The summed E-state index contributed by atoms with van der Waals surface area (Å²) in [6.45, 7) is 0. The molecule has 2 fully saturated rings. The highest BCUT2D eigenvalue weighted by molar-refractivity contribution is 5.98. The minimum absolute atomic E-state index is 0. The average molecular weight is 357 g/mol. The molecule has 0 spiro atoms. The van der Waals surface area contributed by atoms with Crippen LogP contribution in [0.5, 0.6) is 17.2 Å². The third-order valence-electron chi connectivity index (χ3n) is 4.76. The first-order chi connectivity index (χ1) is 11.1. The van der Waals surface area contributed by atoms with Crippen molar-refractivity contribution in [1.82, 2.24) is 10.6 Å². The molecule has 2 heterocycles. The van der Waals surface area contributed by atoms with Crippen molar-refractivity contribution >= 4 is 18.3 Å². The number of ether oxygens (including phenoxy) is 3. The van der Waals surface area contributed by atoms with Gasteiger partial charge in [0.2, 0.25) is 0 Å². The summed E-state index contributed by atoms with van der Waals surface area (Å²) in [6, 6.07) is 4.62. The summed E-state index contributed by atoms with van der Waals surface area (Å²) in [5.74, 6) is 1.41. The van der Waals surface area contributed by atoms with Gasteiger partial charge in [-0.15, -0.1) is 12.4 Å². The highest BCUT2D eigenvalue weighted by atomic mass is 35.5. The minimum Gasteiger partial charge on any atom is -0.496 e. The van der Waals surface area contributed by atoms with E-state index in [1.165, 1.54) is 12.8 Å². The van der Waals surface area contributed by atoms with Gasteiger partial charge in [0.05, 0.1) is 26.9 Å². The van der Waals surface area contributed by atoms with Gasteiger partial charge < -0.3 is 24.8 Å². The second kappa shape index (κ2) is 7.94. The first-order valence-corrected chi connectivity index (χ1v) is 8.01. The monoisotopic (exact) mass is 356 g/mol. The second-order valence-corrected chi connectivity index (χ2v) is 6.19. The number of piperidine rings is 1.